The van der Waals surface area contributed by atoms with Gasteiger partial charge in [-0.3, -0.25) is 4.99 Å². The molecule has 2 N–H and O–H groups in total. The maximum Gasteiger partial charge on any atom is 0.191 e. The molecule has 2 atom stereocenters. The van der Waals surface area contributed by atoms with Crippen LogP contribution < -0.4 is 10.6 Å². The van der Waals surface area contributed by atoms with E-state index in [2.05, 4.69) is 15.6 Å². The summed E-state index contributed by atoms with van der Waals surface area (Å²) in [7, 11) is 1.68. The lowest BCUT2D eigenvalue weighted by Crippen LogP contribution is -2.38. The van der Waals surface area contributed by atoms with Crippen molar-refractivity contribution in [2.75, 3.05) is 7.05 Å². The summed E-state index contributed by atoms with van der Waals surface area (Å²) in [6, 6.07) is 13.5. The van der Waals surface area contributed by atoms with Crippen LogP contribution >= 0.6 is 0 Å². The van der Waals surface area contributed by atoms with Gasteiger partial charge >= 0.3 is 0 Å². The number of guanidine groups is 1. The summed E-state index contributed by atoms with van der Waals surface area (Å²) in [5, 5.41) is 6.43. The Morgan fingerprint density at radius 2 is 2.00 bits per heavy atom. The lowest BCUT2D eigenvalue weighted by molar-refractivity contribution is 0.607. The number of hydrogen-bond donors (Lipinski definition) is 2. The first-order valence-electron chi connectivity index (χ1n) is 7.63. The second kappa shape index (κ2) is 6.77. The van der Waals surface area contributed by atoms with Gasteiger partial charge in [-0.2, -0.15) is 0 Å². The first-order valence-corrected chi connectivity index (χ1v) is 7.63. The number of benzene rings is 2. The number of halogens is 2. The Morgan fingerprint density at radius 3 is 2.74 bits per heavy atom. The van der Waals surface area contributed by atoms with Crippen molar-refractivity contribution in [3.8, 4) is 0 Å². The summed E-state index contributed by atoms with van der Waals surface area (Å²) in [4.78, 5) is 4.16. The summed E-state index contributed by atoms with van der Waals surface area (Å²) < 4.78 is 26.9. The van der Waals surface area contributed by atoms with E-state index in [0.29, 0.717) is 12.5 Å². The minimum Gasteiger partial charge on any atom is -0.353 e. The average Bonchev–Trinajstić information content (AvgIpc) is 3.31. The highest BCUT2D eigenvalue weighted by Gasteiger charge is 2.40. The standard InChI is InChI=1S/C18H19F2N3/c1-21-18(22-11-12-5-4-6-13(19)9-12)23-17-10-15(17)14-7-2-3-8-16(14)20/h2-9,15,17H,10-11H2,1H3,(H2,21,22,23). The van der Waals surface area contributed by atoms with Crippen molar-refractivity contribution in [1.29, 1.82) is 0 Å². The average molecular weight is 315 g/mol. The summed E-state index contributed by atoms with van der Waals surface area (Å²) in [5.41, 5.74) is 1.58. The molecule has 0 aliphatic heterocycles. The van der Waals surface area contributed by atoms with E-state index in [1.165, 1.54) is 18.2 Å². The minimum atomic E-state index is -0.256. The Morgan fingerprint density at radius 1 is 1.17 bits per heavy atom. The predicted molar refractivity (Wildman–Crippen MR) is 87.3 cm³/mol. The molecule has 0 radical (unpaired) electrons. The molecule has 3 rings (SSSR count). The second-order valence-corrected chi connectivity index (χ2v) is 5.67. The third-order valence-electron chi connectivity index (χ3n) is 3.99. The fourth-order valence-electron chi connectivity index (χ4n) is 2.68. The van der Waals surface area contributed by atoms with Gasteiger partial charge in [0.05, 0.1) is 0 Å². The predicted octanol–water partition coefficient (Wildman–Crippen LogP) is 3.19. The molecule has 0 amide bonds. The zero-order valence-electron chi connectivity index (χ0n) is 12.9. The van der Waals surface area contributed by atoms with Crippen LogP contribution in [0.2, 0.25) is 0 Å². The largest absolute Gasteiger partial charge is 0.353 e. The van der Waals surface area contributed by atoms with Gasteiger partial charge in [-0.1, -0.05) is 30.3 Å². The van der Waals surface area contributed by atoms with E-state index in [4.69, 9.17) is 0 Å². The van der Waals surface area contributed by atoms with Crippen LogP contribution in [0.15, 0.2) is 53.5 Å². The van der Waals surface area contributed by atoms with Crippen LogP contribution in [0.3, 0.4) is 0 Å². The van der Waals surface area contributed by atoms with E-state index in [1.54, 1.807) is 19.2 Å². The topological polar surface area (TPSA) is 36.4 Å². The Bertz CT molecular complexity index is 715. The van der Waals surface area contributed by atoms with Crippen molar-refractivity contribution >= 4 is 5.96 Å². The van der Waals surface area contributed by atoms with Crippen LogP contribution in [0.5, 0.6) is 0 Å². The molecule has 23 heavy (non-hydrogen) atoms. The van der Waals surface area contributed by atoms with Crippen LogP contribution in [0, 0.1) is 11.6 Å². The second-order valence-electron chi connectivity index (χ2n) is 5.67. The van der Waals surface area contributed by atoms with Gasteiger partial charge in [-0.25, -0.2) is 8.78 Å². The molecule has 5 heteroatoms. The molecule has 0 bridgehead atoms. The number of rotatable bonds is 4. The summed E-state index contributed by atoms with van der Waals surface area (Å²) in [6.07, 6.45) is 0.877. The number of hydrogen-bond acceptors (Lipinski definition) is 1. The van der Waals surface area contributed by atoms with Crippen molar-refractivity contribution in [2.45, 2.75) is 24.9 Å². The van der Waals surface area contributed by atoms with Gasteiger partial charge in [0.1, 0.15) is 11.6 Å². The Kier molecular flexibility index (Phi) is 4.55. The smallest absolute Gasteiger partial charge is 0.191 e. The van der Waals surface area contributed by atoms with E-state index < -0.39 is 0 Å². The molecule has 0 heterocycles. The first kappa shape index (κ1) is 15.5. The van der Waals surface area contributed by atoms with E-state index in [0.717, 1.165) is 17.5 Å². The first-order chi connectivity index (χ1) is 11.2. The molecule has 120 valence electrons. The third-order valence-corrected chi connectivity index (χ3v) is 3.99. The van der Waals surface area contributed by atoms with Gasteiger partial charge < -0.3 is 10.6 Å². The van der Waals surface area contributed by atoms with Crippen molar-refractivity contribution < 1.29 is 8.78 Å². The van der Waals surface area contributed by atoms with Crippen molar-refractivity contribution in [3.63, 3.8) is 0 Å². The normalized spacial score (nSPS) is 20.2. The van der Waals surface area contributed by atoms with Crippen LogP contribution in [-0.4, -0.2) is 19.0 Å². The van der Waals surface area contributed by atoms with Crippen molar-refractivity contribution in [3.05, 3.63) is 71.3 Å². The molecular formula is C18H19F2N3. The van der Waals surface area contributed by atoms with Gasteiger partial charge in [0.25, 0.3) is 0 Å². The van der Waals surface area contributed by atoms with E-state index >= 15 is 0 Å². The van der Waals surface area contributed by atoms with Gasteiger partial charge in [0.15, 0.2) is 5.96 Å². The van der Waals surface area contributed by atoms with E-state index in [1.807, 2.05) is 18.2 Å². The lowest BCUT2D eigenvalue weighted by Gasteiger charge is -2.12. The number of nitrogens with zero attached hydrogens (tertiary/aromatic N) is 1. The molecule has 2 aromatic rings. The van der Waals surface area contributed by atoms with Crippen LogP contribution in [-0.2, 0) is 6.54 Å². The van der Waals surface area contributed by atoms with Gasteiger partial charge in [-0.05, 0) is 35.7 Å². The molecule has 0 spiro atoms. The van der Waals surface area contributed by atoms with Gasteiger partial charge in [0, 0.05) is 25.6 Å². The third kappa shape index (κ3) is 3.86. The molecule has 1 fully saturated rings. The highest BCUT2D eigenvalue weighted by molar-refractivity contribution is 5.80. The van der Waals surface area contributed by atoms with Gasteiger partial charge in [-0.15, -0.1) is 0 Å². The van der Waals surface area contributed by atoms with Crippen molar-refractivity contribution in [2.24, 2.45) is 4.99 Å². The SMILES string of the molecule is CN=C(NCc1cccc(F)c1)NC1CC1c1ccccc1F. The molecule has 0 saturated heterocycles. The summed E-state index contributed by atoms with van der Waals surface area (Å²) in [5.74, 6) is 0.389. The molecule has 1 aliphatic carbocycles. The zero-order chi connectivity index (χ0) is 16.2. The number of nitrogens with one attached hydrogen (secondary N) is 2. The Labute approximate surface area is 134 Å². The van der Waals surface area contributed by atoms with E-state index in [9.17, 15) is 8.78 Å². The van der Waals surface area contributed by atoms with E-state index in [-0.39, 0.29) is 23.6 Å². The maximum atomic E-state index is 13.8. The molecule has 2 unspecified atom stereocenters. The highest BCUT2D eigenvalue weighted by atomic mass is 19.1. The Hall–Kier alpha value is -2.43. The lowest BCUT2D eigenvalue weighted by atomic mass is 10.1. The molecule has 2 aromatic carbocycles. The summed E-state index contributed by atoms with van der Waals surface area (Å²) >= 11 is 0. The van der Waals surface area contributed by atoms with Crippen LogP contribution in [0.25, 0.3) is 0 Å². The minimum absolute atomic E-state index is 0.162. The summed E-state index contributed by atoms with van der Waals surface area (Å²) in [6.45, 7) is 0.481. The van der Waals surface area contributed by atoms with Gasteiger partial charge in [0.2, 0.25) is 0 Å². The highest BCUT2D eigenvalue weighted by Crippen LogP contribution is 2.41. The quantitative estimate of drug-likeness (QED) is 0.671. The molecular weight excluding hydrogens is 296 g/mol. The molecule has 0 aromatic heterocycles. The van der Waals surface area contributed by atoms with Crippen LogP contribution in [0.1, 0.15) is 23.5 Å². The number of aliphatic imine (C=N–C) groups is 1. The van der Waals surface area contributed by atoms with Crippen LogP contribution in [0.4, 0.5) is 8.78 Å². The molecule has 1 aliphatic rings. The molecule has 1 saturated carbocycles. The maximum absolute atomic E-state index is 13.8. The fourth-order valence-corrected chi connectivity index (χ4v) is 2.68. The fraction of sp³-hybridized carbons (Fsp3) is 0.278. The van der Waals surface area contributed by atoms with Crippen molar-refractivity contribution in [1.82, 2.24) is 10.6 Å². The zero-order valence-corrected chi connectivity index (χ0v) is 12.9. The molecule has 3 nitrogen and oxygen atoms in total. The Balaban J connectivity index is 1.54. The monoisotopic (exact) mass is 315 g/mol.